The van der Waals surface area contributed by atoms with Crippen molar-refractivity contribution in [3.8, 4) is 0 Å². The number of nitrogens with one attached hydrogen (secondary N) is 2. The summed E-state index contributed by atoms with van der Waals surface area (Å²) < 4.78 is 0. The van der Waals surface area contributed by atoms with Gasteiger partial charge in [-0.05, 0) is 48.9 Å². The summed E-state index contributed by atoms with van der Waals surface area (Å²) in [6, 6.07) is 10.7. The van der Waals surface area contributed by atoms with Crippen molar-refractivity contribution in [2.75, 3.05) is 43.0 Å². The van der Waals surface area contributed by atoms with Gasteiger partial charge in [0.05, 0.1) is 23.1 Å². The Kier molecular flexibility index (Phi) is 10.3. The summed E-state index contributed by atoms with van der Waals surface area (Å²) in [5.74, 6) is -0.335. The van der Waals surface area contributed by atoms with E-state index in [0.29, 0.717) is 39.9 Å². The van der Waals surface area contributed by atoms with Crippen molar-refractivity contribution < 1.29 is 9.59 Å². The SMILES string of the molecule is Cc1cc(Cl)ccc1N(CCNC(C)C)C(=O)CNCC(=O)N(C)c1ccc(Cl)c(Cl)c1. The summed E-state index contributed by atoms with van der Waals surface area (Å²) >= 11 is 18.0. The Labute approximate surface area is 204 Å². The minimum atomic E-state index is -0.202. The van der Waals surface area contributed by atoms with Gasteiger partial charge >= 0.3 is 0 Å². The molecule has 0 aliphatic rings. The Morgan fingerprint density at radius 1 is 0.969 bits per heavy atom. The average Bonchev–Trinajstić information content (AvgIpc) is 2.73. The van der Waals surface area contributed by atoms with E-state index in [1.165, 1.54) is 4.90 Å². The molecular formula is C23H29Cl3N4O2. The molecule has 2 N–H and O–H groups in total. The molecule has 0 fully saturated rings. The van der Waals surface area contributed by atoms with Gasteiger partial charge in [0.25, 0.3) is 0 Å². The van der Waals surface area contributed by atoms with Crippen LogP contribution < -0.4 is 20.4 Å². The highest BCUT2D eigenvalue weighted by Gasteiger charge is 2.19. The smallest absolute Gasteiger partial charge is 0.241 e. The van der Waals surface area contributed by atoms with Gasteiger partial charge in [0, 0.05) is 42.6 Å². The van der Waals surface area contributed by atoms with Gasteiger partial charge in [-0.25, -0.2) is 0 Å². The molecular weight excluding hydrogens is 471 g/mol. The number of halogens is 3. The van der Waals surface area contributed by atoms with Crippen LogP contribution in [0.4, 0.5) is 11.4 Å². The maximum Gasteiger partial charge on any atom is 0.241 e. The number of amides is 2. The van der Waals surface area contributed by atoms with E-state index in [9.17, 15) is 9.59 Å². The zero-order chi connectivity index (χ0) is 23.8. The molecule has 2 aromatic rings. The number of hydrogen-bond donors (Lipinski definition) is 2. The fourth-order valence-electron chi connectivity index (χ4n) is 3.09. The third-order valence-corrected chi connectivity index (χ3v) is 5.83. The first-order valence-corrected chi connectivity index (χ1v) is 11.5. The lowest BCUT2D eigenvalue weighted by molar-refractivity contribution is -0.118. The molecule has 32 heavy (non-hydrogen) atoms. The number of anilines is 2. The molecule has 2 aromatic carbocycles. The van der Waals surface area contributed by atoms with Crippen molar-refractivity contribution in [1.29, 1.82) is 0 Å². The topological polar surface area (TPSA) is 64.7 Å². The van der Waals surface area contributed by atoms with Crippen molar-refractivity contribution in [2.45, 2.75) is 26.8 Å². The van der Waals surface area contributed by atoms with Crippen LogP contribution in [-0.4, -0.2) is 51.1 Å². The van der Waals surface area contributed by atoms with Gasteiger partial charge in [-0.15, -0.1) is 0 Å². The number of aryl methyl sites for hydroxylation is 1. The Balaban J connectivity index is 2.00. The van der Waals surface area contributed by atoms with Crippen LogP contribution in [0.15, 0.2) is 36.4 Å². The molecule has 0 saturated carbocycles. The molecule has 0 aliphatic carbocycles. The summed E-state index contributed by atoms with van der Waals surface area (Å²) in [5, 5.41) is 7.69. The zero-order valence-corrected chi connectivity index (χ0v) is 21.0. The summed E-state index contributed by atoms with van der Waals surface area (Å²) in [6.07, 6.45) is 0. The van der Waals surface area contributed by atoms with Crippen molar-refractivity contribution >= 4 is 58.0 Å². The molecule has 0 aliphatic heterocycles. The molecule has 174 valence electrons. The molecule has 0 spiro atoms. The number of nitrogens with zero attached hydrogens (tertiary/aromatic N) is 2. The lowest BCUT2D eigenvalue weighted by atomic mass is 10.1. The van der Waals surface area contributed by atoms with Crippen LogP contribution in [0.25, 0.3) is 0 Å². The number of carbonyl (C=O) groups excluding carboxylic acids is 2. The number of likely N-dealkylation sites (N-methyl/N-ethyl adjacent to an activating group) is 1. The Bertz CT molecular complexity index is 953. The van der Waals surface area contributed by atoms with Gasteiger partial charge in [0.2, 0.25) is 11.8 Å². The molecule has 0 bridgehead atoms. The molecule has 0 saturated heterocycles. The fourth-order valence-corrected chi connectivity index (χ4v) is 3.61. The summed E-state index contributed by atoms with van der Waals surface area (Å²) in [6.45, 7) is 7.18. The van der Waals surface area contributed by atoms with Crippen LogP contribution in [0.1, 0.15) is 19.4 Å². The van der Waals surface area contributed by atoms with E-state index in [-0.39, 0.29) is 24.9 Å². The van der Waals surface area contributed by atoms with Crippen LogP contribution in [-0.2, 0) is 9.59 Å². The summed E-state index contributed by atoms with van der Waals surface area (Å²) in [4.78, 5) is 28.7. The average molecular weight is 500 g/mol. The molecule has 2 amide bonds. The Hall–Kier alpha value is -1.83. The minimum absolute atomic E-state index is 0.000168. The van der Waals surface area contributed by atoms with E-state index in [2.05, 4.69) is 24.5 Å². The van der Waals surface area contributed by atoms with Gasteiger partial charge in [-0.2, -0.15) is 0 Å². The second-order valence-electron chi connectivity index (χ2n) is 7.74. The quantitative estimate of drug-likeness (QED) is 0.504. The normalized spacial score (nSPS) is 11.0. The third kappa shape index (κ3) is 7.64. The van der Waals surface area contributed by atoms with Crippen molar-refractivity contribution in [2.24, 2.45) is 0 Å². The molecule has 0 radical (unpaired) electrons. The van der Waals surface area contributed by atoms with Crippen LogP contribution >= 0.6 is 34.8 Å². The van der Waals surface area contributed by atoms with E-state index in [4.69, 9.17) is 34.8 Å². The standard InChI is InChI=1S/C23H29Cl3N4O2/c1-15(2)28-9-10-30(21-8-5-17(24)11-16(21)3)23(32)14-27-13-22(31)29(4)18-6-7-19(25)20(26)12-18/h5-8,11-12,15,27-28H,9-10,13-14H2,1-4H3. The van der Waals surface area contributed by atoms with E-state index < -0.39 is 0 Å². The van der Waals surface area contributed by atoms with E-state index >= 15 is 0 Å². The van der Waals surface area contributed by atoms with E-state index in [1.54, 1.807) is 36.2 Å². The van der Waals surface area contributed by atoms with Gasteiger partial charge in [-0.1, -0.05) is 48.7 Å². The Morgan fingerprint density at radius 2 is 1.66 bits per heavy atom. The maximum atomic E-state index is 13.0. The van der Waals surface area contributed by atoms with Gasteiger partial charge in [0.1, 0.15) is 0 Å². The predicted octanol–water partition coefficient (Wildman–Crippen LogP) is 4.54. The lowest BCUT2D eigenvalue weighted by Gasteiger charge is -2.26. The zero-order valence-electron chi connectivity index (χ0n) is 18.7. The first kappa shape index (κ1) is 26.4. The second kappa shape index (κ2) is 12.4. The second-order valence-corrected chi connectivity index (χ2v) is 8.99. The number of hydrogen-bond acceptors (Lipinski definition) is 4. The third-order valence-electron chi connectivity index (χ3n) is 4.86. The number of carbonyl (C=O) groups is 2. The first-order valence-electron chi connectivity index (χ1n) is 10.3. The Morgan fingerprint density at radius 3 is 2.28 bits per heavy atom. The van der Waals surface area contributed by atoms with E-state index in [1.807, 2.05) is 19.1 Å². The van der Waals surface area contributed by atoms with Crippen LogP contribution in [0.3, 0.4) is 0 Å². The first-order chi connectivity index (χ1) is 15.1. The highest BCUT2D eigenvalue weighted by Crippen LogP contribution is 2.27. The molecule has 0 heterocycles. The molecule has 9 heteroatoms. The molecule has 0 unspecified atom stereocenters. The number of benzene rings is 2. The highest BCUT2D eigenvalue weighted by atomic mass is 35.5. The predicted molar refractivity (Wildman–Crippen MR) is 134 cm³/mol. The minimum Gasteiger partial charge on any atom is -0.314 e. The summed E-state index contributed by atoms with van der Waals surface area (Å²) in [5.41, 5.74) is 2.33. The van der Waals surface area contributed by atoms with Crippen molar-refractivity contribution in [1.82, 2.24) is 10.6 Å². The maximum absolute atomic E-state index is 13.0. The van der Waals surface area contributed by atoms with Crippen molar-refractivity contribution in [3.05, 3.63) is 57.0 Å². The monoisotopic (exact) mass is 498 g/mol. The van der Waals surface area contributed by atoms with E-state index in [0.717, 1.165) is 11.3 Å². The fraction of sp³-hybridized carbons (Fsp3) is 0.391. The molecule has 0 atom stereocenters. The number of rotatable bonds is 10. The largest absolute Gasteiger partial charge is 0.314 e. The van der Waals surface area contributed by atoms with Crippen molar-refractivity contribution in [3.63, 3.8) is 0 Å². The molecule has 0 aromatic heterocycles. The highest BCUT2D eigenvalue weighted by molar-refractivity contribution is 6.42. The van der Waals surface area contributed by atoms with Gasteiger partial charge in [0.15, 0.2) is 0 Å². The van der Waals surface area contributed by atoms with Crippen LogP contribution in [0.2, 0.25) is 15.1 Å². The molecule has 2 rings (SSSR count). The van der Waals surface area contributed by atoms with Gasteiger partial charge in [-0.3, -0.25) is 14.9 Å². The van der Waals surface area contributed by atoms with Gasteiger partial charge < -0.3 is 15.1 Å². The lowest BCUT2D eigenvalue weighted by Crippen LogP contribution is -2.45. The van der Waals surface area contributed by atoms with Crippen LogP contribution in [0.5, 0.6) is 0 Å². The van der Waals surface area contributed by atoms with Crippen LogP contribution in [0, 0.1) is 6.92 Å². The molecule has 6 nitrogen and oxygen atoms in total. The summed E-state index contributed by atoms with van der Waals surface area (Å²) in [7, 11) is 1.65.